The van der Waals surface area contributed by atoms with Crippen LogP contribution in [0.4, 0.5) is 0 Å². The maximum absolute atomic E-state index is 12.7. The van der Waals surface area contributed by atoms with Gasteiger partial charge >= 0.3 is 0 Å². The first-order valence-corrected chi connectivity index (χ1v) is 9.47. The molecule has 0 radical (unpaired) electrons. The largest absolute Gasteiger partial charge is 0.481 e. The minimum Gasteiger partial charge on any atom is -0.481 e. The molecule has 27 heavy (non-hydrogen) atoms. The molecule has 0 aliphatic carbocycles. The van der Waals surface area contributed by atoms with Gasteiger partial charge in [-0.25, -0.2) is 4.98 Å². The van der Waals surface area contributed by atoms with Gasteiger partial charge in [-0.1, -0.05) is 0 Å². The molecule has 4 heterocycles. The van der Waals surface area contributed by atoms with Gasteiger partial charge in [-0.3, -0.25) is 9.69 Å². The van der Waals surface area contributed by atoms with E-state index in [4.69, 9.17) is 9.47 Å². The number of hydrogen-bond donors (Lipinski definition) is 1. The minimum atomic E-state index is -0.0160. The van der Waals surface area contributed by atoms with E-state index < -0.39 is 0 Å². The molecule has 3 saturated heterocycles. The van der Waals surface area contributed by atoms with Crippen molar-refractivity contribution in [3.63, 3.8) is 0 Å². The zero-order valence-electron chi connectivity index (χ0n) is 15.7. The molecule has 1 N–H and O–H groups in total. The fourth-order valence-electron chi connectivity index (χ4n) is 4.16. The summed E-state index contributed by atoms with van der Waals surface area (Å²) in [4.78, 5) is 19.2. The number of pyridine rings is 1. The molecule has 2 bridgehead atoms. The zero-order valence-corrected chi connectivity index (χ0v) is 15.7. The summed E-state index contributed by atoms with van der Waals surface area (Å²) in [5.41, 5.74) is 0.651. The molecule has 3 fully saturated rings. The van der Waals surface area contributed by atoms with E-state index >= 15 is 0 Å². The van der Waals surface area contributed by atoms with E-state index in [0.29, 0.717) is 34.9 Å². The number of aromatic nitrogens is 1. The number of piperidine rings is 3. The molecule has 1 aromatic heterocycles. The van der Waals surface area contributed by atoms with Crippen molar-refractivity contribution in [1.29, 1.82) is 0 Å². The van der Waals surface area contributed by atoms with Crippen molar-refractivity contribution in [2.45, 2.75) is 31.8 Å². The van der Waals surface area contributed by atoms with Crippen LogP contribution in [0.1, 0.15) is 30.1 Å². The second-order valence-electron chi connectivity index (χ2n) is 7.27. The number of methoxy groups -OCH3 is 1. The number of nitrogens with zero attached hydrogens (tertiary/aromatic N) is 2. The Morgan fingerprint density at radius 1 is 1.15 bits per heavy atom. The predicted molar refractivity (Wildman–Crippen MR) is 102 cm³/mol. The van der Waals surface area contributed by atoms with Crippen LogP contribution in [0.3, 0.4) is 0 Å². The number of amides is 1. The third-order valence-electron chi connectivity index (χ3n) is 5.74. The first-order valence-electron chi connectivity index (χ1n) is 9.47. The van der Waals surface area contributed by atoms with Crippen LogP contribution >= 0.6 is 0 Å². The first-order chi connectivity index (χ1) is 13.1. The van der Waals surface area contributed by atoms with Crippen LogP contribution in [-0.2, 0) is 0 Å². The SMILES string of the molecule is COc1cc(Oc2ccc(C(=O)N[C@@H]3C4CCN(CC4)[C@H]3C)cc2)ccn1. The number of fused-ring (bicyclic) bond motifs is 3. The molecule has 0 unspecified atom stereocenters. The number of carbonyl (C=O) groups is 1. The Balaban J connectivity index is 1.40. The van der Waals surface area contributed by atoms with Crippen LogP contribution in [0.5, 0.6) is 17.4 Å². The van der Waals surface area contributed by atoms with Gasteiger partial charge in [0.05, 0.1) is 7.11 Å². The molecule has 2 aromatic rings. The van der Waals surface area contributed by atoms with Crippen molar-refractivity contribution >= 4 is 5.91 Å². The average Bonchev–Trinajstić information content (AvgIpc) is 2.71. The number of benzene rings is 1. The van der Waals surface area contributed by atoms with Crippen molar-refractivity contribution in [3.05, 3.63) is 48.2 Å². The summed E-state index contributed by atoms with van der Waals surface area (Å²) in [5, 5.41) is 3.25. The molecule has 6 heteroatoms. The Bertz CT molecular complexity index is 799. The number of hydrogen-bond acceptors (Lipinski definition) is 5. The van der Waals surface area contributed by atoms with E-state index in [1.54, 1.807) is 37.6 Å². The van der Waals surface area contributed by atoms with Crippen molar-refractivity contribution in [1.82, 2.24) is 15.2 Å². The van der Waals surface area contributed by atoms with Crippen molar-refractivity contribution in [2.75, 3.05) is 20.2 Å². The second kappa shape index (κ2) is 7.56. The third-order valence-corrected chi connectivity index (χ3v) is 5.74. The monoisotopic (exact) mass is 367 g/mol. The summed E-state index contributed by atoms with van der Waals surface area (Å²) in [6.45, 7) is 4.53. The number of rotatable bonds is 5. The van der Waals surface area contributed by atoms with Crippen LogP contribution in [0.2, 0.25) is 0 Å². The van der Waals surface area contributed by atoms with Gasteiger partial charge in [-0.15, -0.1) is 0 Å². The Hall–Kier alpha value is -2.60. The average molecular weight is 367 g/mol. The van der Waals surface area contributed by atoms with Gasteiger partial charge in [0, 0.05) is 29.9 Å². The Morgan fingerprint density at radius 2 is 1.89 bits per heavy atom. The third kappa shape index (κ3) is 3.76. The smallest absolute Gasteiger partial charge is 0.251 e. The standard InChI is InChI=1S/C21H25N3O3/c1-14-20(15-8-11-24(14)12-9-15)23-21(25)16-3-5-17(6-4-16)27-18-7-10-22-19(13-18)26-2/h3-7,10,13-15,20H,8-9,11-12H2,1-2H3,(H,23,25)/t14-,20-/m0/s1. The summed E-state index contributed by atoms with van der Waals surface area (Å²) in [6.07, 6.45) is 3.99. The highest BCUT2D eigenvalue weighted by molar-refractivity contribution is 5.94. The Kier molecular flexibility index (Phi) is 4.99. The summed E-state index contributed by atoms with van der Waals surface area (Å²) in [7, 11) is 1.56. The quantitative estimate of drug-likeness (QED) is 0.880. The summed E-state index contributed by atoms with van der Waals surface area (Å²) in [6, 6.07) is 11.3. The maximum atomic E-state index is 12.7. The van der Waals surface area contributed by atoms with Crippen LogP contribution < -0.4 is 14.8 Å². The lowest BCUT2D eigenvalue weighted by Gasteiger charge is -2.49. The Labute approximate surface area is 159 Å². The molecule has 3 aliphatic heterocycles. The number of ether oxygens (including phenoxy) is 2. The number of nitrogens with one attached hydrogen (secondary N) is 1. The van der Waals surface area contributed by atoms with E-state index in [2.05, 4.69) is 22.1 Å². The van der Waals surface area contributed by atoms with Gasteiger partial charge in [0.2, 0.25) is 5.88 Å². The number of carbonyl (C=O) groups excluding carboxylic acids is 1. The molecule has 5 rings (SSSR count). The van der Waals surface area contributed by atoms with E-state index in [1.807, 2.05) is 12.1 Å². The molecule has 1 aromatic carbocycles. The van der Waals surface area contributed by atoms with Crippen molar-refractivity contribution < 1.29 is 14.3 Å². The van der Waals surface area contributed by atoms with E-state index in [-0.39, 0.29) is 11.9 Å². The topological polar surface area (TPSA) is 63.7 Å². The van der Waals surface area contributed by atoms with Gasteiger partial charge < -0.3 is 14.8 Å². The molecule has 2 atom stereocenters. The molecule has 6 nitrogen and oxygen atoms in total. The molecular weight excluding hydrogens is 342 g/mol. The van der Waals surface area contributed by atoms with Gasteiger partial charge in [0.15, 0.2) is 0 Å². The molecule has 3 aliphatic rings. The van der Waals surface area contributed by atoms with Gasteiger partial charge in [-0.2, -0.15) is 0 Å². The predicted octanol–water partition coefficient (Wildman–Crippen LogP) is 3.10. The van der Waals surface area contributed by atoms with E-state index in [0.717, 1.165) is 13.1 Å². The van der Waals surface area contributed by atoms with Gasteiger partial charge in [0.1, 0.15) is 11.5 Å². The van der Waals surface area contributed by atoms with E-state index in [9.17, 15) is 4.79 Å². The van der Waals surface area contributed by atoms with Crippen molar-refractivity contribution in [3.8, 4) is 17.4 Å². The van der Waals surface area contributed by atoms with Crippen LogP contribution in [0, 0.1) is 5.92 Å². The Morgan fingerprint density at radius 3 is 2.56 bits per heavy atom. The highest BCUT2D eigenvalue weighted by atomic mass is 16.5. The van der Waals surface area contributed by atoms with Crippen LogP contribution in [-0.4, -0.2) is 48.1 Å². The normalized spacial score (nSPS) is 26.4. The lowest BCUT2D eigenvalue weighted by Crippen LogP contribution is -2.62. The molecular formula is C21H25N3O3. The first kappa shape index (κ1) is 17.8. The van der Waals surface area contributed by atoms with Crippen LogP contribution in [0.25, 0.3) is 0 Å². The lowest BCUT2D eigenvalue weighted by atomic mass is 9.79. The maximum Gasteiger partial charge on any atom is 0.251 e. The molecule has 142 valence electrons. The highest BCUT2D eigenvalue weighted by Gasteiger charge is 2.40. The lowest BCUT2D eigenvalue weighted by molar-refractivity contribution is 0.0217. The summed E-state index contributed by atoms with van der Waals surface area (Å²) < 4.78 is 10.9. The summed E-state index contributed by atoms with van der Waals surface area (Å²) >= 11 is 0. The fourth-order valence-corrected chi connectivity index (χ4v) is 4.16. The zero-order chi connectivity index (χ0) is 18.8. The molecule has 0 saturated carbocycles. The highest BCUT2D eigenvalue weighted by Crippen LogP contribution is 2.32. The van der Waals surface area contributed by atoms with E-state index in [1.165, 1.54) is 12.8 Å². The van der Waals surface area contributed by atoms with Gasteiger partial charge in [-0.05, 0) is 69.1 Å². The fraction of sp³-hybridized carbons (Fsp3) is 0.429. The summed E-state index contributed by atoms with van der Waals surface area (Å²) in [5.74, 6) is 2.38. The molecule has 0 spiro atoms. The van der Waals surface area contributed by atoms with Crippen molar-refractivity contribution in [2.24, 2.45) is 5.92 Å². The van der Waals surface area contributed by atoms with Crippen LogP contribution in [0.15, 0.2) is 42.6 Å². The minimum absolute atomic E-state index is 0.0160. The second-order valence-corrected chi connectivity index (χ2v) is 7.27. The molecule has 1 amide bonds. The van der Waals surface area contributed by atoms with Gasteiger partial charge in [0.25, 0.3) is 5.91 Å².